The quantitative estimate of drug-likeness (QED) is 0.538. The summed E-state index contributed by atoms with van der Waals surface area (Å²) in [7, 11) is 0. The fourth-order valence-corrected chi connectivity index (χ4v) is 4.36. The molecule has 0 spiro atoms. The van der Waals surface area contributed by atoms with Gasteiger partial charge in [-0.05, 0) is 42.8 Å². The molecule has 0 bridgehead atoms. The summed E-state index contributed by atoms with van der Waals surface area (Å²) < 4.78 is 2.01. The van der Waals surface area contributed by atoms with Gasteiger partial charge in [0.15, 0.2) is 5.16 Å². The number of hydrogen-bond donors (Lipinski definition) is 2. The number of hydrogen-bond acceptors (Lipinski definition) is 6. The van der Waals surface area contributed by atoms with E-state index in [4.69, 9.17) is 0 Å². The summed E-state index contributed by atoms with van der Waals surface area (Å²) in [6, 6.07) is 13.4. The molecule has 9 heteroatoms. The molecule has 0 unspecified atom stereocenters. The highest BCUT2D eigenvalue weighted by Gasteiger charge is 2.31. The van der Waals surface area contributed by atoms with E-state index >= 15 is 0 Å². The number of aromatic nitrogens is 3. The van der Waals surface area contributed by atoms with Crippen LogP contribution in [0.3, 0.4) is 0 Å². The van der Waals surface area contributed by atoms with Crippen molar-refractivity contribution in [3.8, 4) is 5.69 Å². The number of amides is 3. The van der Waals surface area contributed by atoms with E-state index in [0.29, 0.717) is 17.6 Å². The maximum Gasteiger partial charge on any atom is 0.321 e. The highest BCUT2D eigenvalue weighted by Crippen LogP contribution is 2.41. The lowest BCUT2D eigenvalue weighted by atomic mass is 10.3. The Morgan fingerprint density at radius 2 is 1.97 bits per heavy atom. The van der Waals surface area contributed by atoms with Crippen LogP contribution >= 0.6 is 23.1 Å². The summed E-state index contributed by atoms with van der Waals surface area (Å²) in [5, 5.41) is 16.4. The molecule has 1 aromatic carbocycles. The lowest BCUT2D eigenvalue weighted by Gasteiger charge is -2.10. The predicted molar refractivity (Wildman–Crippen MR) is 114 cm³/mol. The number of nitrogens with one attached hydrogen (secondary N) is 2. The van der Waals surface area contributed by atoms with Gasteiger partial charge in [-0.15, -0.1) is 21.5 Å². The Morgan fingerprint density at radius 3 is 2.69 bits per heavy atom. The molecule has 150 valence electrons. The zero-order chi connectivity index (χ0) is 20.1. The molecule has 0 aliphatic heterocycles. The summed E-state index contributed by atoms with van der Waals surface area (Å²) in [4.78, 5) is 25.3. The van der Waals surface area contributed by atoms with E-state index < -0.39 is 6.03 Å². The number of rotatable bonds is 8. The van der Waals surface area contributed by atoms with Gasteiger partial charge in [-0.1, -0.05) is 36.0 Å². The fraction of sp³-hybridized carbons (Fsp3) is 0.300. The number of para-hydroxylation sites is 1. The van der Waals surface area contributed by atoms with Gasteiger partial charge in [-0.2, -0.15) is 0 Å². The second-order valence-corrected chi connectivity index (χ2v) is 8.68. The van der Waals surface area contributed by atoms with Crippen molar-refractivity contribution in [1.29, 1.82) is 0 Å². The van der Waals surface area contributed by atoms with Gasteiger partial charge in [0, 0.05) is 23.0 Å². The van der Waals surface area contributed by atoms with Crippen molar-refractivity contribution in [2.75, 3.05) is 12.3 Å². The largest absolute Gasteiger partial charge is 0.337 e. The van der Waals surface area contributed by atoms with Crippen molar-refractivity contribution >= 4 is 35.0 Å². The Balaban J connectivity index is 1.30. The molecule has 1 aliphatic carbocycles. The van der Waals surface area contributed by atoms with Crippen molar-refractivity contribution in [2.45, 2.75) is 30.3 Å². The molecule has 3 aromatic rings. The van der Waals surface area contributed by atoms with Gasteiger partial charge >= 0.3 is 6.03 Å². The third-order valence-electron chi connectivity index (χ3n) is 4.44. The molecule has 1 aliphatic rings. The third kappa shape index (κ3) is 5.24. The zero-order valence-electron chi connectivity index (χ0n) is 15.7. The molecule has 29 heavy (non-hydrogen) atoms. The van der Waals surface area contributed by atoms with E-state index in [1.54, 1.807) is 11.3 Å². The molecule has 2 aromatic heterocycles. The van der Waals surface area contributed by atoms with Crippen LogP contribution in [0, 0.1) is 0 Å². The van der Waals surface area contributed by atoms with Crippen LogP contribution in [-0.4, -0.2) is 39.0 Å². The van der Waals surface area contributed by atoms with Crippen molar-refractivity contribution in [3.63, 3.8) is 0 Å². The van der Waals surface area contributed by atoms with E-state index in [-0.39, 0.29) is 11.7 Å². The zero-order valence-corrected chi connectivity index (χ0v) is 17.3. The second-order valence-electron chi connectivity index (χ2n) is 6.71. The molecular weight excluding hydrogens is 406 g/mol. The number of carbonyl (C=O) groups is 2. The molecular formula is C20H21N5O2S2. The van der Waals surface area contributed by atoms with Gasteiger partial charge in [0.1, 0.15) is 5.82 Å². The molecule has 1 saturated carbocycles. The van der Waals surface area contributed by atoms with Crippen LogP contribution in [0.5, 0.6) is 0 Å². The summed E-state index contributed by atoms with van der Waals surface area (Å²) in [6.45, 7) is 0.486. The van der Waals surface area contributed by atoms with Gasteiger partial charge in [0.05, 0.1) is 5.75 Å². The van der Waals surface area contributed by atoms with Crippen LogP contribution in [0.15, 0.2) is 53.0 Å². The highest BCUT2D eigenvalue weighted by atomic mass is 32.2. The lowest BCUT2D eigenvalue weighted by Crippen LogP contribution is -2.41. The number of benzene rings is 1. The van der Waals surface area contributed by atoms with E-state index in [9.17, 15) is 9.59 Å². The first-order chi connectivity index (χ1) is 14.2. The first-order valence-electron chi connectivity index (χ1n) is 9.44. The van der Waals surface area contributed by atoms with Crippen molar-refractivity contribution in [3.05, 3.63) is 58.5 Å². The Labute approximate surface area is 176 Å². The maximum atomic E-state index is 12.2. The Kier molecular flexibility index (Phi) is 6.26. The first kappa shape index (κ1) is 19.7. The van der Waals surface area contributed by atoms with Gasteiger partial charge < -0.3 is 5.32 Å². The second kappa shape index (κ2) is 9.23. The Hall–Kier alpha value is -2.65. The smallest absolute Gasteiger partial charge is 0.321 e. The van der Waals surface area contributed by atoms with Gasteiger partial charge in [-0.3, -0.25) is 14.7 Å². The van der Waals surface area contributed by atoms with Crippen LogP contribution in [-0.2, 0) is 11.2 Å². The van der Waals surface area contributed by atoms with Gasteiger partial charge in [0.2, 0.25) is 5.91 Å². The van der Waals surface area contributed by atoms with Gasteiger partial charge in [0.25, 0.3) is 0 Å². The van der Waals surface area contributed by atoms with E-state index in [1.807, 2.05) is 52.4 Å². The molecule has 1 fully saturated rings. The summed E-state index contributed by atoms with van der Waals surface area (Å²) in [6.07, 6.45) is 2.97. The van der Waals surface area contributed by atoms with Crippen molar-refractivity contribution in [2.24, 2.45) is 0 Å². The summed E-state index contributed by atoms with van der Waals surface area (Å²) >= 11 is 2.92. The maximum absolute atomic E-state index is 12.2. The third-order valence-corrected chi connectivity index (χ3v) is 6.30. The van der Waals surface area contributed by atoms with Crippen molar-refractivity contribution in [1.82, 2.24) is 25.4 Å². The molecule has 0 radical (unpaired) electrons. The SMILES string of the molecule is O=C(CSc1nnc(C2CC2)n1-c1ccccc1)NC(=O)NCCc1cccs1. The predicted octanol–water partition coefficient (Wildman–Crippen LogP) is 3.37. The Morgan fingerprint density at radius 1 is 1.14 bits per heavy atom. The minimum Gasteiger partial charge on any atom is -0.337 e. The summed E-state index contributed by atoms with van der Waals surface area (Å²) in [5.41, 5.74) is 0.980. The van der Waals surface area contributed by atoms with E-state index in [0.717, 1.165) is 30.8 Å². The average molecular weight is 428 g/mol. The summed E-state index contributed by atoms with van der Waals surface area (Å²) in [5.74, 6) is 1.10. The van der Waals surface area contributed by atoms with Crippen LogP contribution in [0.2, 0.25) is 0 Å². The van der Waals surface area contributed by atoms with Crippen molar-refractivity contribution < 1.29 is 9.59 Å². The number of thioether (sulfide) groups is 1. The van der Waals surface area contributed by atoms with Crippen LogP contribution in [0.4, 0.5) is 4.79 Å². The number of imide groups is 1. The standard InChI is InChI=1S/C20H21N5O2S2/c26-17(22-19(27)21-11-10-16-7-4-12-28-16)13-29-20-24-23-18(14-8-9-14)25(20)15-5-2-1-3-6-15/h1-7,12,14H,8-11,13H2,(H2,21,22,26,27). The molecule has 2 N–H and O–H groups in total. The minimum absolute atomic E-state index is 0.0912. The number of thiophene rings is 1. The van der Waals surface area contributed by atoms with E-state index in [1.165, 1.54) is 16.6 Å². The monoisotopic (exact) mass is 427 g/mol. The number of urea groups is 1. The molecule has 0 atom stereocenters. The molecule has 4 rings (SSSR count). The molecule has 0 saturated heterocycles. The van der Waals surface area contributed by atoms with Crippen LogP contribution < -0.4 is 10.6 Å². The number of carbonyl (C=O) groups excluding carboxylic acids is 2. The van der Waals surface area contributed by atoms with Crippen LogP contribution in [0.1, 0.15) is 29.5 Å². The Bertz CT molecular complexity index is 968. The average Bonchev–Trinajstić information content (AvgIpc) is 3.27. The van der Waals surface area contributed by atoms with Gasteiger partial charge in [-0.25, -0.2) is 4.79 Å². The highest BCUT2D eigenvalue weighted by molar-refractivity contribution is 7.99. The van der Waals surface area contributed by atoms with Crippen LogP contribution in [0.25, 0.3) is 5.69 Å². The minimum atomic E-state index is -0.477. The first-order valence-corrected chi connectivity index (χ1v) is 11.3. The number of nitrogens with zero attached hydrogens (tertiary/aromatic N) is 3. The topological polar surface area (TPSA) is 88.9 Å². The normalized spacial score (nSPS) is 13.2. The molecule has 2 heterocycles. The molecule has 3 amide bonds. The fourth-order valence-electron chi connectivity index (χ4n) is 2.89. The molecule has 7 nitrogen and oxygen atoms in total. The van der Waals surface area contributed by atoms with E-state index in [2.05, 4.69) is 20.8 Å². The lowest BCUT2D eigenvalue weighted by molar-refractivity contribution is -0.117.